The van der Waals surface area contributed by atoms with Crippen LogP contribution in [0.4, 0.5) is 0 Å². The maximum Gasteiger partial charge on any atom is 0.222 e. The first-order valence-corrected chi connectivity index (χ1v) is 18.4. The van der Waals surface area contributed by atoms with Crippen LogP contribution < -0.4 is 0 Å². The fourth-order valence-corrected chi connectivity index (χ4v) is 5.92. The molecule has 0 aliphatic heterocycles. The second kappa shape index (κ2) is 32.0. The summed E-state index contributed by atoms with van der Waals surface area (Å²) < 4.78 is 0. The number of carbonyl (C=O) groups excluding carboxylic acids is 1. The van der Waals surface area contributed by atoms with Crippen LogP contribution in [0.25, 0.3) is 0 Å². The summed E-state index contributed by atoms with van der Waals surface area (Å²) in [5.74, 6) is 0.978. The van der Waals surface area contributed by atoms with Crippen molar-refractivity contribution in [3.8, 4) is 0 Å². The van der Waals surface area contributed by atoms with Crippen molar-refractivity contribution < 1.29 is 4.79 Å². The van der Waals surface area contributed by atoms with E-state index in [4.69, 9.17) is 0 Å². The second-order valence-electron chi connectivity index (χ2n) is 13.0. The van der Waals surface area contributed by atoms with Gasteiger partial charge in [0.25, 0.3) is 0 Å². The molecule has 0 saturated heterocycles. The molecule has 39 heavy (non-hydrogen) atoms. The summed E-state index contributed by atoms with van der Waals surface area (Å²) in [6.07, 6.45) is 38.9. The molecular weight excluding hydrogens is 474 g/mol. The average molecular weight is 550 g/mol. The van der Waals surface area contributed by atoms with Crippen molar-refractivity contribution in [3.05, 3.63) is 0 Å². The largest absolute Gasteiger partial charge is 0.343 e. The van der Waals surface area contributed by atoms with Gasteiger partial charge in [-0.3, -0.25) is 4.79 Å². The van der Waals surface area contributed by atoms with Crippen molar-refractivity contribution in [3.63, 3.8) is 0 Å². The molecule has 0 aromatic heterocycles. The van der Waals surface area contributed by atoms with E-state index in [0.29, 0.717) is 11.8 Å². The van der Waals surface area contributed by atoms with Crippen LogP contribution in [0.1, 0.15) is 214 Å². The maximum absolute atomic E-state index is 13.2. The van der Waals surface area contributed by atoms with Crippen LogP contribution in [-0.2, 0) is 4.79 Å². The molecule has 0 radical (unpaired) electrons. The lowest BCUT2D eigenvalue weighted by molar-refractivity contribution is -0.132. The smallest absolute Gasteiger partial charge is 0.222 e. The number of hydrogen-bond donors (Lipinski definition) is 0. The molecule has 2 nitrogen and oxygen atoms in total. The first kappa shape index (κ1) is 38.5. The highest BCUT2D eigenvalue weighted by atomic mass is 16.2. The lowest BCUT2D eigenvalue weighted by Crippen LogP contribution is -2.34. The topological polar surface area (TPSA) is 20.3 Å². The van der Waals surface area contributed by atoms with Gasteiger partial charge in [0.15, 0.2) is 0 Å². The van der Waals surface area contributed by atoms with Gasteiger partial charge in [-0.25, -0.2) is 0 Å². The van der Waals surface area contributed by atoms with E-state index >= 15 is 0 Å². The van der Waals surface area contributed by atoms with E-state index in [9.17, 15) is 4.79 Å². The third kappa shape index (κ3) is 28.8. The molecule has 0 aromatic carbocycles. The highest BCUT2D eigenvalue weighted by Crippen LogP contribution is 2.18. The summed E-state index contributed by atoms with van der Waals surface area (Å²) >= 11 is 0. The van der Waals surface area contributed by atoms with Crippen molar-refractivity contribution in [1.82, 2.24) is 4.90 Å². The lowest BCUT2D eigenvalue weighted by Gasteiger charge is -2.24. The number of amides is 1. The van der Waals surface area contributed by atoms with Crippen molar-refractivity contribution in [2.24, 2.45) is 5.92 Å². The van der Waals surface area contributed by atoms with Gasteiger partial charge in [-0.15, -0.1) is 0 Å². The number of rotatable bonds is 32. The minimum atomic E-state index is 0.440. The molecule has 0 aliphatic rings. The molecule has 0 saturated carbocycles. The standard InChI is InChI=1S/C37H75NO/c1-5-8-11-14-17-19-21-22-24-26-29-32-36(4)35-37(39)38(33-30-27-16-13-10-7-3)34-31-28-25-23-20-18-15-12-9-6-2/h36H,5-35H2,1-4H3. The Labute approximate surface area is 248 Å². The van der Waals surface area contributed by atoms with Crippen molar-refractivity contribution in [2.75, 3.05) is 13.1 Å². The first-order chi connectivity index (χ1) is 19.2. The van der Waals surface area contributed by atoms with E-state index in [1.54, 1.807) is 0 Å². The minimum Gasteiger partial charge on any atom is -0.343 e. The molecule has 0 aromatic rings. The fraction of sp³-hybridized carbons (Fsp3) is 0.973. The summed E-state index contributed by atoms with van der Waals surface area (Å²) in [6, 6.07) is 0. The molecule has 0 bridgehead atoms. The molecule has 0 fully saturated rings. The molecule has 1 atom stereocenters. The van der Waals surface area contributed by atoms with E-state index in [1.165, 1.54) is 180 Å². The number of hydrogen-bond acceptors (Lipinski definition) is 1. The van der Waals surface area contributed by atoms with Crippen LogP contribution in [0.15, 0.2) is 0 Å². The number of carbonyl (C=O) groups is 1. The molecule has 0 N–H and O–H groups in total. The summed E-state index contributed by atoms with van der Waals surface area (Å²) in [4.78, 5) is 15.5. The third-order valence-corrected chi connectivity index (χ3v) is 8.74. The van der Waals surface area contributed by atoms with Crippen molar-refractivity contribution in [2.45, 2.75) is 214 Å². The van der Waals surface area contributed by atoms with Crippen LogP contribution in [-0.4, -0.2) is 23.9 Å². The van der Waals surface area contributed by atoms with Gasteiger partial charge in [-0.1, -0.05) is 195 Å². The zero-order valence-corrected chi connectivity index (χ0v) is 27.9. The molecule has 0 spiro atoms. The summed E-state index contributed by atoms with van der Waals surface area (Å²) in [5.41, 5.74) is 0. The predicted molar refractivity (Wildman–Crippen MR) is 177 cm³/mol. The van der Waals surface area contributed by atoms with Crippen LogP contribution in [0.5, 0.6) is 0 Å². The van der Waals surface area contributed by atoms with E-state index < -0.39 is 0 Å². The lowest BCUT2D eigenvalue weighted by atomic mass is 9.98. The van der Waals surface area contributed by atoms with Gasteiger partial charge in [0.05, 0.1) is 0 Å². The maximum atomic E-state index is 13.2. The monoisotopic (exact) mass is 550 g/mol. The van der Waals surface area contributed by atoms with E-state index in [0.717, 1.165) is 19.5 Å². The van der Waals surface area contributed by atoms with Crippen molar-refractivity contribution >= 4 is 5.91 Å². The highest BCUT2D eigenvalue weighted by molar-refractivity contribution is 5.76. The molecular formula is C37H75NO. The van der Waals surface area contributed by atoms with Gasteiger partial charge in [-0.2, -0.15) is 0 Å². The van der Waals surface area contributed by atoms with Gasteiger partial charge in [0.2, 0.25) is 5.91 Å². The summed E-state index contributed by atoms with van der Waals surface area (Å²) in [7, 11) is 0. The normalized spacial score (nSPS) is 12.2. The van der Waals surface area contributed by atoms with E-state index in [-0.39, 0.29) is 0 Å². The average Bonchev–Trinajstić information content (AvgIpc) is 2.93. The van der Waals surface area contributed by atoms with E-state index in [1.807, 2.05) is 0 Å². The van der Waals surface area contributed by atoms with Crippen LogP contribution in [0.3, 0.4) is 0 Å². The Morgan fingerprint density at radius 3 is 1.05 bits per heavy atom. The third-order valence-electron chi connectivity index (χ3n) is 8.74. The quantitative estimate of drug-likeness (QED) is 0.0764. The van der Waals surface area contributed by atoms with E-state index in [2.05, 4.69) is 32.6 Å². The Bertz CT molecular complexity index is 476. The first-order valence-electron chi connectivity index (χ1n) is 18.4. The Morgan fingerprint density at radius 2 is 0.718 bits per heavy atom. The molecule has 1 unspecified atom stereocenters. The molecule has 0 aliphatic carbocycles. The Morgan fingerprint density at radius 1 is 0.436 bits per heavy atom. The Kier molecular flexibility index (Phi) is 31.6. The Balaban J connectivity index is 4.09. The molecule has 2 heteroatoms. The SMILES string of the molecule is CCCCCCCCCCCCCC(C)CC(=O)N(CCCCCCCC)CCCCCCCCCCCC. The number of unbranched alkanes of at least 4 members (excludes halogenated alkanes) is 24. The molecule has 0 rings (SSSR count). The van der Waals surface area contributed by atoms with Crippen molar-refractivity contribution in [1.29, 1.82) is 0 Å². The van der Waals surface area contributed by atoms with Gasteiger partial charge in [0, 0.05) is 19.5 Å². The van der Waals surface area contributed by atoms with Crippen LogP contribution in [0, 0.1) is 5.92 Å². The predicted octanol–water partition coefficient (Wildman–Crippen LogP) is 12.8. The van der Waals surface area contributed by atoms with Gasteiger partial charge >= 0.3 is 0 Å². The molecule has 234 valence electrons. The second-order valence-corrected chi connectivity index (χ2v) is 13.0. The summed E-state index contributed by atoms with van der Waals surface area (Å²) in [5, 5.41) is 0. The van der Waals surface area contributed by atoms with Crippen LogP contribution in [0.2, 0.25) is 0 Å². The number of nitrogens with zero attached hydrogens (tertiary/aromatic N) is 1. The van der Waals surface area contributed by atoms with Gasteiger partial charge in [0.1, 0.15) is 0 Å². The highest BCUT2D eigenvalue weighted by Gasteiger charge is 2.16. The van der Waals surface area contributed by atoms with Gasteiger partial charge in [-0.05, 0) is 18.8 Å². The minimum absolute atomic E-state index is 0.440. The van der Waals surface area contributed by atoms with Gasteiger partial charge < -0.3 is 4.90 Å². The fourth-order valence-electron chi connectivity index (χ4n) is 5.92. The summed E-state index contributed by atoms with van der Waals surface area (Å²) in [6.45, 7) is 11.2. The Hall–Kier alpha value is -0.530. The molecule has 1 amide bonds. The zero-order valence-electron chi connectivity index (χ0n) is 27.9. The molecule has 0 heterocycles. The van der Waals surface area contributed by atoms with Crippen LogP contribution >= 0.6 is 0 Å². The zero-order chi connectivity index (χ0) is 28.7.